The molecule has 0 aromatic carbocycles. The van der Waals surface area contributed by atoms with E-state index in [0.717, 1.165) is 12.4 Å². The number of likely N-dealkylation sites (tertiary alicyclic amines) is 1. The number of hydrogen-bond acceptors (Lipinski definition) is 4. The molecule has 0 bridgehead atoms. The van der Waals surface area contributed by atoms with Gasteiger partial charge in [-0.15, -0.1) is 0 Å². The molecule has 2 atom stereocenters. The summed E-state index contributed by atoms with van der Waals surface area (Å²) in [5, 5.41) is 0. The van der Waals surface area contributed by atoms with Crippen molar-refractivity contribution in [3.63, 3.8) is 0 Å². The maximum atomic E-state index is 5.38. The molecule has 1 aromatic heterocycles. The van der Waals surface area contributed by atoms with E-state index in [1.165, 1.54) is 24.8 Å². The summed E-state index contributed by atoms with van der Waals surface area (Å²) in [5.74, 6) is 6.12. The van der Waals surface area contributed by atoms with Crippen LogP contribution in [-0.4, -0.2) is 22.0 Å². The van der Waals surface area contributed by atoms with Crippen molar-refractivity contribution in [1.82, 2.24) is 9.88 Å². The molecular weight excluding hydrogens is 212 g/mol. The minimum atomic E-state index is 0.668. The van der Waals surface area contributed by atoms with Crippen LogP contribution in [0.1, 0.15) is 38.7 Å². The topological polar surface area (TPSA) is 54.2 Å². The summed E-state index contributed by atoms with van der Waals surface area (Å²) in [5.41, 5.74) is 3.87. The predicted molar refractivity (Wildman–Crippen MR) is 70.4 cm³/mol. The van der Waals surface area contributed by atoms with Gasteiger partial charge in [0.2, 0.25) is 0 Å². The lowest BCUT2D eigenvalue weighted by Crippen LogP contribution is -2.42. The second kappa shape index (κ2) is 5.47. The smallest absolute Gasteiger partial charge is 0.140 e. The standard InChI is InChI=1S/C13H22N4/c1-10-4-3-5-11(2)17(10)9-12-6-7-15-13(8-12)16-14/h6-8,10-11H,3-5,9,14H2,1-2H3,(H,15,16). The van der Waals surface area contributed by atoms with Gasteiger partial charge in [0, 0.05) is 24.8 Å². The first kappa shape index (κ1) is 12.3. The summed E-state index contributed by atoms with van der Waals surface area (Å²) >= 11 is 0. The predicted octanol–water partition coefficient (Wildman–Crippen LogP) is 2.13. The fourth-order valence-corrected chi connectivity index (χ4v) is 2.65. The number of nitrogens with one attached hydrogen (secondary N) is 1. The van der Waals surface area contributed by atoms with Gasteiger partial charge in [-0.2, -0.15) is 0 Å². The Kier molecular flexibility index (Phi) is 3.97. The molecule has 2 unspecified atom stereocenters. The Morgan fingerprint density at radius 2 is 2.12 bits per heavy atom. The minimum absolute atomic E-state index is 0.668. The van der Waals surface area contributed by atoms with Crippen molar-refractivity contribution in [1.29, 1.82) is 0 Å². The molecule has 1 aliphatic heterocycles. The highest BCUT2D eigenvalue weighted by Crippen LogP contribution is 2.24. The van der Waals surface area contributed by atoms with Crippen LogP contribution in [0.3, 0.4) is 0 Å². The Labute approximate surface area is 103 Å². The molecule has 0 amide bonds. The van der Waals surface area contributed by atoms with Gasteiger partial charge in [-0.1, -0.05) is 6.42 Å². The summed E-state index contributed by atoms with van der Waals surface area (Å²) in [6, 6.07) is 5.42. The van der Waals surface area contributed by atoms with Crippen LogP contribution in [0.5, 0.6) is 0 Å². The first-order valence-corrected chi connectivity index (χ1v) is 6.38. The van der Waals surface area contributed by atoms with Gasteiger partial charge in [-0.05, 0) is 44.4 Å². The number of pyridine rings is 1. The highest BCUT2D eigenvalue weighted by molar-refractivity contribution is 5.35. The maximum absolute atomic E-state index is 5.38. The number of rotatable bonds is 3. The summed E-state index contributed by atoms with van der Waals surface area (Å²) in [4.78, 5) is 6.70. The fraction of sp³-hybridized carbons (Fsp3) is 0.615. The van der Waals surface area contributed by atoms with Gasteiger partial charge in [0.1, 0.15) is 5.82 Å². The van der Waals surface area contributed by atoms with Gasteiger partial charge in [0.15, 0.2) is 0 Å². The lowest BCUT2D eigenvalue weighted by Gasteiger charge is -2.39. The summed E-state index contributed by atoms with van der Waals surface area (Å²) < 4.78 is 0. The van der Waals surface area contributed by atoms with Crippen molar-refractivity contribution < 1.29 is 0 Å². The second-order valence-electron chi connectivity index (χ2n) is 4.99. The second-order valence-corrected chi connectivity index (χ2v) is 4.99. The molecule has 94 valence electrons. The first-order valence-electron chi connectivity index (χ1n) is 6.38. The lowest BCUT2D eigenvalue weighted by molar-refractivity contribution is 0.0953. The van der Waals surface area contributed by atoms with E-state index in [1.807, 2.05) is 12.3 Å². The highest BCUT2D eigenvalue weighted by Gasteiger charge is 2.24. The van der Waals surface area contributed by atoms with Crippen molar-refractivity contribution in [3.05, 3.63) is 23.9 Å². The number of nitrogens with two attached hydrogens (primary N) is 1. The number of aromatic nitrogens is 1. The van der Waals surface area contributed by atoms with E-state index in [9.17, 15) is 0 Å². The molecule has 3 N–H and O–H groups in total. The van der Waals surface area contributed by atoms with Gasteiger partial charge in [0.25, 0.3) is 0 Å². The van der Waals surface area contributed by atoms with E-state index in [-0.39, 0.29) is 0 Å². The summed E-state index contributed by atoms with van der Waals surface area (Å²) in [7, 11) is 0. The Bertz CT molecular complexity index is 356. The van der Waals surface area contributed by atoms with E-state index < -0.39 is 0 Å². The Morgan fingerprint density at radius 3 is 2.76 bits per heavy atom. The van der Waals surface area contributed by atoms with Gasteiger partial charge in [0.05, 0.1) is 0 Å². The zero-order valence-electron chi connectivity index (χ0n) is 10.7. The monoisotopic (exact) mass is 234 g/mol. The molecule has 1 aliphatic rings. The van der Waals surface area contributed by atoms with Crippen molar-refractivity contribution in [2.75, 3.05) is 5.43 Å². The SMILES string of the molecule is CC1CCCC(C)N1Cc1ccnc(NN)c1. The molecule has 4 heteroatoms. The number of piperidine rings is 1. The summed E-state index contributed by atoms with van der Waals surface area (Å²) in [6.07, 6.45) is 5.77. The van der Waals surface area contributed by atoms with Crippen LogP contribution in [0, 0.1) is 0 Å². The maximum Gasteiger partial charge on any atom is 0.140 e. The molecule has 1 fully saturated rings. The third-order valence-electron chi connectivity index (χ3n) is 3.71. The van der Waals surface area contributed by atoms with Crippen LogP contribution in [0.2, 0.25) is 0 Å². The molecule has 0 saturated carbocycles. The molecule has 0 spiro atoms. The highest BCUT2D eigenvalue weighted by atomic mass is 15.2. The first-order chi connectivity index (χ1) is 8.20. The zero-order chi connectivity index (χ0) is 12.3. The van der Waals surface area contributed by atoms with Crippen LogP contribution >= 0.6 is 0 Å². The van der Waals surface area contributed by atoms with Gasteiger partial charge >= 0.3 is 0 Å². The third-order valence-corrected chi connectivity index (χ3v) is 3.71. The van der Waals surface area contributed by atoms with E-state index >= 15 is 0 Å². The molecule has 4 nitrogen and oxygen atoms in total. The van der Waals surface area contributed by atoms with Gasteiger partial charge < -0.3 is 5.43 Å². The van der Waals surface area contributed by atoms with Crippen LogP contribution in [0.25, 0.3) is 0 Å². The van der Waals surface area contributed by atoms with Crippen molar-refractivity contribution >= 4 is 5.82 Å². The largest absolute Gasteiger partial charge is 0.308 e. The van der Waals surface area contributed by atoms with Crippen molar-refractivity contribution in [2.45, 2.75) is 51.7 Å². The van der Waals surface area contributed by atoms with Gasteiger partial charge in [-0.25, -0.2) is 10.8 Å². The zero-order valence-corrected chi connectivity index (χ0v) is 10.7. The molecule has 2 rings (SSSR count). The van der Waals surface area contributed by atoms with Gasteiger partial charge in [-0.3, -0.25) is 4.90 Å². The van der Waals surface area contributed by atoms with Crippen LogP contribution < -0.4 is 11.3 Å². The lowest BCUT2D eigenvalue weighted by atomic mass is 9.97. The number of hydrazine groups is 1. The molecule has 0 aliphatic carbocycles. The number of nitrogens with zero attached hydrogens (tertiary/aromatic N) is 2. The molecule has 1 saturated heterocycles. The minimum Gasteiger partial charge on any atom is -0.308 e. The van der Waals surface area contributed by atoms with E-state index in [4.69, 9.17) is 5.84 Å². The normalized spacial score (nSPS) is 25.8. The molecule has 2 heterocycles. The molecular formula is C13H22N4. The Balaban J connectivity index is 2.07. The molecule has 1 aromatic rings. The van der Waals surface area contributed by atoms with Crippen LogP contribution in [0.15, 0.2) is 18.3 Å². The number of anilines is 1. The fourth-order valence-electron chi connectivity index (χ4n) is 2.65. The Hall–Kier alpha value is -1.13. The molecule has 17 heavy (non-hydrogen) atoms. The molecule has 0 radical (unpaired) electrons. The van der Waals surface area contributed by atoms with E-state index in [2.05, 4.69) is 35.2 Å². The van der Waals surface area contributed by atoms with Crippen LogP contribution in [0.4, 0.5) is 5.82 Å². The van der Waals surface area contributed by atoms with E-state index in [1.54, 1.807) is 0 Å². The summed E-state index contributed by atoms with van der Waals surface area (Å²) in [6.45, 7) is 5.62. The third kappa shape index (κ3) is 2.96. The number of nitrogen functional groups attached to an aromatic ring is 1. The average Bonchev–Trinajstić information content (AvgIpc) is 2.34. The number of hydrogen-bond donors (Lipinski definition) is 2. The van der Waals surface area contributed by atoms with E-state index in [0.29, 0.717) is 12.1 Å². The average molecular weight is 234 g/mol. The Morgan fingerprint density at radius 1 is 1.41 bits per heavy atom. The van der Waals surface area contributed by atoms with Crippen molar-refractivity contribution in [3.8, 4) is 0 Å². The van der Waals surface area contributed by atoms with Crippen LogP contribution in [-0.2, 0) is 6.54 Å². The quantitative estimate of drug-likeness (QED) is 0.621. The van der Waals surface area contributed by atoms with Crippen molar-refractivity contribution in [2.24, 2.45) is 5.84 Å².